The minimum atomic E-state index is 0.283. The number of hydrogen-bond acceptors (Lipinski definition) is 1. The first kappa shape index (κ1) is 10.6. The highest BCUT2D eigenvalue weighted by Crippen LogP contribution is 2.11. The van der Waals surface area contributed by atoms with E-state index in [9.17, 15) is 0 Å². The van der Waals surface area contributed by atoms with Crippen molar-refractivity contribution in [3.05, 3.63) is 34.9 Å². The molecule has 0 spiro atoms. The molecule has 13 heavy (non-hydrogen) atoms. The molecule has 0 heterocycles. The van der Waals surface area contributed by atoms with E-state index in [-0.39, 0.29) is 6.04 Å². The predicted molar refractivity (Wildman–Crippen MR) is 58.0 cm³/mol. The van der Waals surface area contributed by atoms with Gasteiger partial charge in [0, 0.05) is 11.1 Å². The molecule has 0 bridgehead atoms. The summed E-state index contributed by atoms with van der Waals surface area (Å²) in [6, 6.07) is 8.19. The smallest absolute Gasteiger partial charge is 0.0406 e. The number of halogens is 1. The summed E-state index contributed by atoms with van der Waals surface area (Å²) < 4.78 is 0. The Morgan fingerprint density at radius 3 is 2.46 bits per heavy atom. The standard InChI is InChI=1S/C11H16ClN/c1-2-3-11(13)8-9-4-6-10(12)7-5-9/h4-7,11H,2-3,8,13H2,1H3/t11-/m1/s1. The van der Waals surface area contributed by atoms with Crippen LogP contribution >= 0.6 is 11.6 Å². The molecule has 0 aromatic heterocycles. The van der Waals surface area contributed by atoms with Gasteiger partial charge in [0.1, 0.15) is 0 Å². The molecule has 0 unspecified atom stereocenters. The van der Waals surface area contributed by atoms with Gasteiger partial charge < -0.3 is 5.73 Å². The van der Waals surface area contributed by atoms with E-state index in [0.29, 0.717) is 0 Å². The van der Waals surface area contributed by atoms with Crippen LogP contribution < -0.4 is 5.73 Å². The van der Waals surface area contributed by atoms with E-state index in [1.807, 2.05) is 24.3 Å². The molecule has 0 saturated heterocycles. The summed E-state index contributed by atoms with van der Waals surface area (Å²) in [4.78, 5) is 0. The lowest BCUT2D eigenvalue weighted by Gasteiger charge is -2.09. The van der Waals surface area contributed by atoms with Gasteiger partial charge in [-0.05, 0) is 30.5 Å². The van der Waals surface area contributed by atoms with Crippen molar-refractivity contribution in [3.63, 3.8) is 0 Å². The molecule has 0 fully saturated rings. The molecule has 2 heteroatoms. The highest BCUT2D eigenvalue weighted by atomic mass is 35.5. The molecular formula is C11H16ClN. The average Bonchev–Trinajstić information content (AvgIpc) is 2.09. The highest BCUT2D eigenvalue weighted by Gasteiger charge is 2.01. The number of benzene rings is 1. The summed E-state index contributed by atoms with van der Waals surface area (Å²) in [7, 11) is 0. The van der Waals surface area contributed by atoms with Gasteiger partial charge in [-0.25, -0.2) is 0 Å². The van der Waals surface area contributed by atoms with Crippen LogP contribution in [0.5, 0.6) is 0 Å². The van der Waals surface area contributed by atoms with Gasteiger partial charge in [-0.3, -0.25) is 0 Å². The van der Waals surface area contributed by atoms with Gasteiger partial charge in [0.05, 0.1) is 0 Å². The molecule has 0 aliphatic carbocycles. The summed E-state index contributed by atoms with van der Waals surface area (Å²) in [5.74, 6) is 0. The van der Waals surface area contributed by atoms with E-state index >= 15 is 0 Å². The molecular weight excluding hydrogens is 182 g/mol. The minimum absolute atomic E-state index is 0.283. The van der Waals surface area contributed by atoms with Crippen LogP contribution in [0.25, 0.3) is 0 Å². The summed E-state index contributed by atoms with van der Waals surface area (Å²) >= 11 is 5.78. The normalized spacial score (nSPS) is 12.8. The fourth-order valence-corrected chi connectivity index (χ4v) is 1.52. The van der Waals surface area contributed by atoms with Gasteiger partial charge in [-0.2, -0.15) is 0 Å². The van der Waals surface area contributed by atoms with E-state index in [1.54, 1.807) is 0 Å². The lowest BCUT2D eigenvalue weighted by molar-refractivity contribution is 0.600. The van der Waals surface area contributed by atoms with E-state index in [1.165, 1.54) is 5.56 Å². The Labute approximate surface area is 84.9 Å². The third-order valence-corrected chi connectivity index (χ3v) is 2.32. The fraction of sp³-hybridized carbons (Fsp3) is 0.455. The lowest BCUT2D eigenvalue weighted by atomic mass is 10.0. The number of hydrogen-bond donors (Lipinski definition) is 1. The molecule has 0 radical (unpaired) electrons. The third-order valence-electron chi connectivity index (χ3n) is 2.07. The molecule has 1 atom stereocenters. The maximum atomic E-state index is 5.92. The first-order valence-corrected chi connectivity index (χ1v) is 5.10. The molecule has 0 aliphatic rings. The third kappa shape index (κ3) is 3.79. The van der Waals surface area contributed by atoms with Crippen LogP contribution in [-0.2, 0) is 6.42 Å². The molecule has 0 amide bonds. The summed E-state index contributed by atoms with van der Waals surface area (Å²) in [6.07, 6.45) is 3.18. The Morgan fingerprint density at radius 2 is 1.92 bits per heavy atom. The van der Waals surface area contributed by atoms with Crippen molar-refractivity contribution in [3.8, 4) is 0 Å². The quantitative estimate of drug-likeness (QED) is 0.789. The zero-order chi connectivity index (χ0) is 9.68. The zero-order valence-corrected chi connectivity index (χ0v) is 8.72. The first-order valence-electron chi connectivity index (χ1n) is 4.72. The van der Waals surface area contributed by atoms with Gasteiger partial charge in [-0.1, -0.05) is 37.1 Å². The Bertz CT molecular complexity index is 243. The number of nitrogens with two attached hydrogens (primary N) is 1. The molecule has 1 nitrogen and oxygen atoms in total. The van der Waals surface area contributed by atoms with E-state index in [2.05, 4.69) is 6.92 Å². The van der Waals surface area contributed by atoms with Crippen molar-refractivity contribution in [2.75, 3.05) is 0 Å². The largest absolute Gasteiger partial charge is 0.327 e. The van der Waals surface area contributed by atoms with Crippen molar-refractivity contribution in [2.45, 2.75) is 32.2 Å². The SMILES string of the molecule is CCC[C@@H](N)Cc1ccc(Cl)cc1. The molecule has 72 valence electrons. The van der Waals surface area contributed by atoms with Crippen molar-refractivity contribution < 1.29 is 0 Å². The van der Waals surface area contributed by atoms with E-state index < -0.39 is 0 Å². The molecule has 2 N–H and O–H groups in total. The van der Waals surface area contributed by atoms with Crippen LogP contribution in [0.1, 0.15) is 25.3 Å². The molecule has 1 aromatic carbocycles. The van der Waals surface area contributed by atoms with Crippen LogP contribution in [0.2, 0.25) is 5.02 Å². The van der Waals surface area contributed by atoms with Gasteiger partial charge in [0.15, 0.2) is 0 Å². The van der Waals surface area contributed by atoms with Crippen molar-refractivity contribution in [2.24, 2.45) is 5.73 Å². The molecule has 0 saturated carbocycles. The van der Waals surface area contributed by atoms with Crippen LogP contribution in [0, 0.1) is 0 Å². The van der Waals surface area contributed by atoms with E-state index in [0.717, 1.165) is 24.3 Å². The maximum Gasteiger partial charge on any atom is 0.0406 e. The van der Waals surface area contributed by atoms with Crippen molar-refractivity contribution in [1.29, 1.82) is 0 Å². The molecule has 1 rings (SSSR count). The average molecular weight is 198 g/mol. The summed E-state index contributed by atoms with van der Waals surface area (Å²) in [5.41, 5.74) is 7.19. The Morgan fingerprint density at radius 1 is 1.31 bits per heavy atom. The molecule has 1 aromatic rings. The maximum absolute atomic E-state index is 5.92. The second-order valence-corrected chi connectivity index (χ2v) is 3.82. The zero-order valence-electron chi connectivity index (χ0n) is 7.96. The topological polar surface area (TPSA) is 26.0 Å². The van der Waals surface area contributed by atoms with Gasteiger partial charge in [0.25, 0.3) is 0 Å². The van der Waals surface area contributed by atoms with Gasteiger partial charge in [0.2, 0.25) is 0 Å². The molecule has 0 aliphatic heterocycles. The highest BCUT2D eigenvalue weighted by molar-refractivity contribution is 6.30. The van der Waals surface area contributed by atoms with Crippen LogP contribution in [-0.4, -0.2) is 6.04 Å². The fourth-order valence-electron chi connectivity index (χ4n) is 1.40. The van der Waals surface area contributed by atoms with Gasteiger partial charge >= 0.3 is 0 Å². The number of rotatable bonds is 4. The van der Waals surface area contributed by atoms with Crippen LogP contribution in [0.3, 0.4) is 0 Å². The summed E-state index contributed by atoms with van der Waals surface area (Å²) in [6.45, 7) is 2.15. The lowest BCUT2D eigenvalue weighted by Crippen LogP contribution is -2.22. The van der Waals surface area contributed by atoms with Crippen LogP contribution in [0.15, 0.2) is 24.3 Å². The van der Waals surface area contributed by atoms with Gasteiger partial charge in [-0.15, -0.1) is 0 Å². The summed E-state index contributed by atoms with van der Waals surface area (Å²) in [5, 5.41) is 0.785. The van der Waals surface area contributed by atoms with Crippen molar-refractivity contribution >= 4 is 11.6 Å². The van der Waals surface area contributed by atoms with Crippen LogP contribution in [0.4, 0.5) is 0 Å². The Kier molecular flexibility index (Phi) is 4.26. The Balaban J connectivity index is 2.49. The minimum Gasteiger partial charge on any atom is -0.327 e. The second kappa shape index (κ2) is 5.25. The predicted octanol–water partition coefficient (Wildman–Crippen LogP) is 3.01. The second-order valence-electron chi connectivity index (χ2n) is 3.38. The monoisotopic (exact) mass is 197 g/mol. The van der Waals surface area contributed by atoms with Crippen molar-refractivity contribution in [1.82, 2.24) is 0 Å². The first-order chi connectivity index (χ1) is 6.22. The van der Waals surface area contributed by atoms with E-state index in [4.69, 9.17) is 17.3 Å². The Hall–Kier alpha value is -0.530.